The molecule has 0 aromatic rings. The molecule has 0 saturated carbocycles. The number of carbonyl (C=O) groups is 1. The molecule has 6 nitrogen and oxygen atoms in total. The molecule has 0 aromatic heterocycles. The lowest BCUT2D eigenvalue weighted by Crippen LogP contribution is -2.34. The summed E-state index contributed by atoms with van der Waals surface area (Å²) >= 11 is 0. The maximum absolute atomic E-state index is 10.7. The molecule has 0 aliphatic heterocycles. The topological polar surface area (TPSA) is 104 Å². The number of hydrogen-bond acceptors (Lipinski definition) is 4. The number of aliphatic hydroxyl groups excluding tert-OH is 1. The van der Waals surface area contributed by atoms with E-state index >= 15 is 0 Å². The Morgan fingerprint density at radius 3 is 2.42 bits per heavy atom. The van der Waals surface area contributed by atoms with Crippen molar-refractivity contribution in [1.29, 1.82) is 0 Å². The Bertz CT molecular complexity index is 245. The number of sulfonamides is 1. The molecule has 0 bridgehead atoms. The Labute approximate surface area is 70.3 Å². The van der Waals surface area contributed by atoms with Crippen LogP contribution in [0.25, 0.3) is 0 Å². The van der Waals surface area contributed by atoms with Crippen molar-refractivity contribution in [3.63, 3.8) is 0 Å². The quantitative estimate of drug-likeness (QED) is 0.491. The normalized spacial score (nSPS) is 14.2. The monoisotopic (exact) mass is 197 g/mol. The van der Waals surface area contributed by atoms with Gasteiger partial charge in [0.25, 0.3) is 0 Å². The van der Waals surface area contributed by atoms with E-state index in [1.54, 1.807) is 0 Å². The lowest BCUT2D eigenvalue weighted by molar-refractivity contribution is -0.134. The fraction of sp³-hybridized carbons (Fsp3) is 0.800. The van der Waals surface area contributed by atoms with Gasteiger partial charge in [0.15, 0.2) is 5.75 Å². The summed E-state index contributed by atoms with van der Waals surface area (Å²) in [5, 5.41) is 16.8. The van der Waals surface area contributed by atoms with E-state index in [0.717, 1.165) is 0 Å². The summed E-state index contributed by atoms with van der Waals surface area (Å²) in [6, 6.07) is 0. The number of rotatable bonds is 5. The van der Waals surface area contributed by atoms with Gasteiger partial charge >= 0.3 is 5.97 Å². The Morgan fingerprint density at radius 1 is 1.58 bits per heavy atom. The maximum Gasteiger partial charge on any atom is 0.320 e. The van der Waals surface area contributed by atoms with Gasteiger partial charge in [0, 0.05) is 6.54 Å². The molecule has 72 valence electrons. The fourth-order valence-corrected chi connectivity index (χ4v) is 1.38. The minimum atomic E-state index is -3.79. The van der Waals surface area contributed by atoms with E-state index in [9.17, 15) is 13.2 Å². The third-order valence-corrected chi connectivity index (χ3v) is 2.15. The standard InChI is InChI=1S/C5H11NO5S/c1-4(7)2-6-12(10,11)3-5(8)9/h4,6-7H,2-3H2,1H3,(H,8,9)/t4-/m0/s1. The molecule has 0 spiro atoms. The Hall–Kier alpha value is -0.660. The summed E-state index contributed by atoms with van der Waals surface area (Å²) < 4.78 is 23.4. The van der Waals surface area contributed by atoms with Gasteiger partial charge in [-0.2, -0.15) is 0 Å². The van der Waals surface area contributed by atoms with Crippen molar-refractivity contribution in [2.45, 2.75) is 13.0 Å². The van der Waals surface area contributed by atoms with Crippen LogP contribution >= 0.6 is 0 Å². The van der Waals surface area contributed by atoms with Gasteiger partial charge in [0.1, 0.15) is 0 Å². The average Bonchev–Trinajstić information content (AvgIpc) is 1.81. The molecule has 0 heterocycles. The van der Waals surface area contributed by atoms with Crippen molar-refractivity contribution in [3.8, 4) is 0 Å². The first-order chi connectivity index (χ1) is 5.33. The van der Waals surface area contributed by atoms with E-state index in [1.165, 1.54) is 6.92 Å². The van der Waals surface area contributed by atoms with Crippen LogP contribution in [0, 0.1) is 0 Å². The molecule has 0 fully saturated rings. The molecular formula is C5H11NO5S. The van der Waals surface area contributed by atoms with Crippen LogP contribution in [0.4, 0.5) is 0 Å². The van der Waals surface area contributed by atoms with Crippen LogP contribution < -0.4 is 4.72 Å². The van der Waals surface area contributed by atoms with Gasteiger partial charge in [-0.05, 0) is 6.92 Å². The first-order valence-corrected chi connectivity index (χ1v) is 4.86. The van der Waals surface area contributed by atoms with Gasteiger partial charge in [-0.25, -0.2) is 13.1 Å². The molecule has 0 aromatic carbocycles. The van der Waals surface area contributed by atoms with E-state index < -0.39 is 27.8 Å². The number of aliphatic hydroxyl groups is 1. The first kappa shape index (κ1) is 11.3. The van der Waals surface area contributed by atoms with Gasteiger partial charge in [-0.15, -0.1) is 0 Å². The molecule has 0 amide bonds. The zero-order valence-electron chi connectivity index (χ0n) is 6.52. The van der Waals surface area contributed by atoms with Crippen LogP contribution in [-0.4, -0.2) is 43.0 Å². The van der Waals surface area contributed by atoms with Crippen molar-refractivity contribution >= 4 is 16.0 Å². The highest BCUT2D eigenvalue weighted by molar-refractivity contribution is 7.90. The molecule has 0 aliphatic carbocycles. The van der Waals surface area contributed by atoms with Gasteiger partial charge in [-0.1, -0.05) is 0 Å². The average molecular weight is 197 g/mol. The Morgan fingerprint density at radius 2 is 2.08 bits per heavy atom. The Kier molecular flexibility index (Phi) is 4.15. The highest BCUT2D eigenvalue weighted by atomic mass is 32.2. The second-order valence-corrected chi connectivity index (χ2v) is 4.16. The lowest BCUT2D eigenvalue weighted by Gasteiger charge is -2.05. The van der Waals surface area contributed by atoms with E-state index in [2.05, 4.69) is 0 Å². The van der Waals surface area contributed by atoms with Crippen molar-refractivity contribution < 1.29 is 23.4 Å². The van der Waals surface area contributed by atoms with E-state index in [-0.39, 0.29) is 6.54 Å². The molecule has 7 heteroatoms. The number of nitrogens with one attached hydrogen (secondary N) is 1. The number of carboxylic acid groups (broad SMARTS) is 1. The predicted octanol–water partition coefficient (Wildman–Crippen LogP) is -1.63. The van der Waals surface area contributed by atoms with E-state index in [4.69, 9.17) is 10.2 Å². The summed E-state index contributed by atoms with van der Waals surface area (Å²) in [6.07, 6.45) is -0.825. The molecule has 0 saturated heterocycles. The zero-order valence-corrected chi connectivity index (χ0v) is 7.34. The van der Waals surface area contributed by atoms with Gasteiger partial charge in [0.2, 0.25) is 10.0 Å². The molecule has 1 atom stereocenters. The lowest BCUT2D eigenvalue weighted by atomic mass is 10.4. The third-order valence-electron chi connectivity index (χ3n) is 0.912. The summed E-state index contributed by atoms with van der Waals surface area (Å²) in [5.74, 6) is -2.40. The van der Waals surface area contributed by atoms with E-state index in [1.807, 2.05) is 4.72 Å². The molecule has 0 aliphatic rings. The van der Waals surface area contributed by atoms with Crippen LogP contribution in [0.1, 0.15) is 6.92 Å². The summed E-state index contributed by atoms with van der Waals surface area (Å²) in [5.41, 5.74) is 0. The molecule has 0 radical (unpaired) electrons. The molecule has 0 rings (SSSR count). The highest BCUT2D eigenvalue weighted by Crippen LogP contribution is 1.85. The summed E-state index contributed by atoms with van der Waals surface area (Å²) in [7, 11) is -3.79. The fourth-order valence-electron chi connectivity index (χ4n) is 0.461. The van der Waals surface area contributed by atoms with Gasteiger partial charge < -0.3 is 10.2 Å². The number of carboxylic acids is 1. The van der Waals surface area contributed by atoms with Crippen LogP contribution in [0.5, 0.6) is 0 Å². The van der Waals surface area contributed by atoms with Gasteiger partial charge in [0.05, 0.1) is 6.10 Å². The van der Waals surface area contributed by atoms with Crippen molar-refractivity contribution in [2.24, 2.45) is 0 Å². The second kappa shape index (κ2) is 4.39. The van der Waals surface area contributed by atoms with Crippen molar-refractivity contribution in [1.82, 2.24) is 4.72 Å². The van der Waals surface area contributed by atoms with Crippen LogP contribution in [0.2, 0.25) is 0 Å². The van der Waals surface area contributed by atoms with E-state index in [0.29, 0.717) is 0 Å². The maximum atomic E-state index is 10.7. The zero-order chi connectivity index (χ0) is 9.78. The predicted molar refractivity (Wildman–Crippen MR) is 41.1 cm³/mol. The molecule has 12 heavy (non-hydrogen) atoms. The number of aliphatic carboxylic acids is 1. The summed E-state index contributed by atoms with van der Waals surface area (Å²) in [6.45, 7) is 1.22. The summed E-state index contributed by atoms with van der Waals surface area (Å²) in [4.78, 5) is 9.98. The molecule has 0 unspecified atom stereocenters. The van der Waals surface area contributed by atoms with Crippen LogP contribution in [0.15, 0.2) is 0 Å². The Balaban J connectivity index is 3.98. The minimum absolute atomic E-state index is 0.171. The largest absolute Gasteiger partial charge is 0.480 e. The third kappa shape index (κ3) is 6.08. The van der Waals surface area contributed by atoms with Crippen molar-refractivity contribution in [3.05, 3.63) is 0 Å². The van der Waals surface area contributed by atoms with Gasteiger partial charge in [-0.3, -0.25) is 4.79 Å². The second-order valence-electron chi connectivity index (χ2n) is 2.35. The molecular weight excluding hydrogens is 186 g/mol. The SMILES string of the molecule is C[C@H](O)CNS(=O)(=O)CC(=O)O. The first-order valence-electron chi connectivity index (χ1n) is 3.20. The minimum Gasteiger partial charge on any atom is -0.480 e. The van der Waals surface area contributed by atoms with Crippen LogP contribution in [0.3, 0.4) is 0 Å². The smallest absolute Gasteiger partial charge is 0.320 e. The van der Waals surface area contributed by atoms with Crippen molar-refractivity contribution in [2.75, 3.05) is 12.3 Å². The van der Waals surface area contributed by atoms with Crippen LogP contribution in [-0.2, 0) is 14.8 Å². The molecule has 3 N–H and O–H groups in total. The highest BCUT2D eigenvalue weighted by Gasteiger charge is 2.15. The number of hydrogen-bond donors (Lipinski definition) is 3.